The summed E-state index contributed by atoms with van der Waals surface area (Å²) in [5.74, 6) is 1.89. The molecule has 0 N–H and O–H groups in total. The van der Waals surface area contributed by atoms with Crippen molar-refractivity contribution in [2.45, 2.75) is 32.4 Å². The molecule has 6 rings (SSSR count). The van der Waals surface area contributed by atoms with Crippen LogP contribution in [0.4, 0.5) is 5.82 Å². The highest BCUT2D eigenvalue weighted by Gasteiger charge is 2.30. The summed E-state index contributed by atoms with van der Waals surface area (Å²) in [7, 11) is 3.23. The third-order valence-corrected chi connectivity index (χ3v) is 7.43. The van der Waals surface area contributed by atoms with Crippen LogP contribution in [0.5, 0.6) is 11.5 Å². The average Bonchev–Trinajstić information content (AvgIpc) is 3.50. The van der Waals surface area contributed by atoms with E-state index in [4.69, 9.17) is 19.2 Å². The first-order valence-corrected chi connectivity index (χ1v) is 12.3. The van der Waals surface area contributed by atoms with Crippen molar-refractivity contribution in [3.63, 3.8) is 0 Å². The first-order valence-electron chi connectivity index (χ1n) is 12.3. The van der Waals surface area contributed by atoms with Crippen molar-refractivity contribution in [3.8, 4) is 22.6 Å². The molecule has 3 aromatic carbocycles. The van der Waals surface area contributed by atoms with Gasteiger partial charge in [0.1, 0.15) is 12.4 Å². The predicted molar refractivity (Wildman–Crippen MR) is 140 cm³/mol. The van der Waals surface area contributed by atoms with Crippen molar-refractivity contribution in [3.05, 3.63) is 83.0 Å². The molecule has 36 heavy (non-hydrogen) atoms. The normalized spacial score (nSPS) is 14.5. The number of carbonyl (C=O) groups is 1. The monoisotopic (exact) mass is 480 g/mol. The number of likely N-dealkylation sites (N-methyl/N-ethyl adjacent to an activating group) is 1. The Morgan fingerprint density at radius 1 is 0.944 bits per heavy atom. The van der Waals surface area contributed by atoms with Crippen molar-refractivity contribution in [2.75, 3.05) is 25.7 Å². The number of anilines is 1. The molecule has 0 bridgehead atoms. The summed E-state index contributed by atoms with van der Waals surface area (Å²) in [5.41, 5.74) is 6.01. The van der Waals surface area contributed by atoms with E-state index in [1.165, 1.54) is 11.1 Å². The molecular formula is C30H28N2O4. The maximum Gasteiger partial charge on any atom is 0.339 e. The second-order valence-electron chi connectivity index (χ2n) is 9.31. The predicted octanol–water partition coefficient (Wildman–Crippen LogP) is 5.58. The van der Waals surface area contributed by atoms with E-state index in [9.17, 15) is 4.79 Å². The van der Waals surface area contributed by atoms with Crippen LogP contribution in [-0.2, 0) is 24.2 Å². The second-order valence-corrected chi connectivity index (χ2v) is 9.31. The van der Waals surface area contributed by atoms with Crippen LogP contribution in [0.2, 0.25) is 0 Å². The summed E-state index contributed by atoms with van der Waals surface area (Å²) < 4.78 is 16.5. The fraction of sp³-hybridized carbons (Fsp3) is 0.267. The molecule has 0 spiro atoms. The van der Waals surface area contributed by atoms with Crippen LogP contribution in [0, 0.1) is 0 Å². The number of carbonyl (C=O) groups excluding carboxylic acids is 1. The van der Waals surface area contributed by atoms with E-state index in [0.29, 0.717) is 23.1 Å². The molecule has 1 aliphatic heterocycles. The van der Waals surface area contributed by atoms with E-state index in [1.807, 2.05) is 24.4 Å². The fourth-order valence-electron chi connectivity index (χ4n) is 5.72. The van der Waals surface area contributed by atoms with Crippen LogP contribution in [0.3, 0.4) is 0 Å². The van der Waals surface area contributed by atoms with Crippen molar-refractivity contribution < 1.29 is 19.0 Å². The Bertz CT molecular complexity index is 1450. The summed E-state index contributed by atoms with van der Waals surface area (Å²) in [6, 6.07) is 19.1. The lowest BCUT2D eigenvalue weighted by atomic mass is 9.91. The van der Waals surface area contributed by atoms with Gasteiger partial charge in [0.05, 0.1) is 19.8 Å². The topological polar surface area (TPSA) is 60.9 Å². The molecule has 2 aliphatic rings. The molecule has 0 saturated carbocycles. The highest BCUT2D eigenvalue weighted by Crippen LogP contribution is 2.42. The van der Waals surface area contributed by atoms with Crippen LogP contribution in [-0.4, -0.2) is 37.8 Å². The van der Waals surface area contributed by atoms with Gasteiger partial charge >= 0.3 is 5.97 Å². The van der Waals surface area contributed by atoms with E-state index in [0.717, 1.165) is 52.7 Å². The number of hydrogen-bond donors (Lipinski definition) is 0. The van der Waals surface area contributed by atoms with E-state index in [2.05, 4.69) is 48.2 Å². The number of rotatable bonds is 6. The molecule has 0 fully saturated rings. The quantitative estimate of drug-likeness (QED) is 0.336. The lowest BCUT2D eigenvalue weighted by Gasteiger charge is -2.29. The van der Waals surface area contributed by atoms with Crippen molar-refractivity contribution in [1.82, 2.24) is 4.98 Å². The van der Waals surface area contributed by atoms with Gasteiger partial charge in [0.15, 0.2) is 11.5 Å². The van der Waals surface area contributed by atoms with Gasteiger partial charge in [-0.1, -0.05) is 24.3 Å². The second kappa shape index (κ2) is 8.86. The number of aromatic nitrogens is 1. The SMILES string of the molecule is CCN(c1ccc(-c2c3c(cc4cc(OC)c(OC)cc24)COC3=O)cn1)C1Cc2ccccc2C1. The van der Waals surface area contributed by atoms with Crippen LogP contribution in [0.1, 0.15) is 34.0 Å². The first kappa shape index (κ1) is 22.4. The van der Waals surface area contributed by atoms with Gasteiger partial charge in [-0.15, -0.1) is 0 Å². The molecule has 1 aliphatic carbocycles. The summed E-state index contributed by atoms with van der Waals surface area (Å²) in [4.78, 5) is 20.0. The number of pyridine rings is 1. The molecule has 6 heteroatoms. The Hall–Kier alpha value is -4.06. The minimum Gasteiger partial charge on any atom is -0.493 e. The lowest BCUT2D eigenvalue weighted by Crippen LogP contribution is -2.36. The maximum absolute atomic E-state index is 12.8. The van der Waals surface area contributed by atoms with E-state index in [-0.39, 0.29) is 12.6 Å². The largest absolute Gasteiger partial charge is 0.493 e. The lowest BCUT2D eigenvalue weighted by molar-refractivity contribution is 0.0535. The minimum atomic E-state index is -0.306. The van der Waals surface area contributed by atoms with E-state index >= 15 is 0 Å². The first-order chi connectivity index (χ1) is 17.6. The van der Waals surface area contributed by atoms with Gasteiger partial charge in [-0.05, 0) is 72.0 Å². The number of fused-ring (bicyclic) bond motifs is 3. The fourth-order valence-corrected chi connectivity index (χ4v) is 5.72. The number of benzene rings is 3. The Morgan fingerprint density at radius 3 is 2.31 bits per heavy atom. The third kappa shape index (κ3) is 3.56. The van der Waals surface area contributed by atoms with Gasteiger partial charge in [0, 0.05) is 35.5 Å². The molecular weight excluding hydrogens is 452 g/mol. The van der Waals surface area contributed by atoms with Crippen LogP contribution < -0.4 is 14.4 Å². The smallest absolute Gasteiger partial charge is 0.339 e. The third-order valence-electron chi connectivity index (χ3n) is 7.43. The average molecular weight is 481 g/mol. The van der Waals surface area contributed by atoms with Crippen molar-refractivity contribution in [1.29, 1.82) is 0 Å². The minimum absolute atomic E-state index is 0.267. The molecule has 4 aromatic rings. The molecule has 0 saturated heterocycles. The Kier molecular flexibility index (Phi) is 5.52. The van der Waals surface area contributed by atoms with Gasteiger partial charge in [0.25, 0.3) is 0 Å². The molecule has 182 valence electrons. The van der Waals surface area contributed by atoms with Gasteiger partial charge in [0.2, 0.25) is 0 Å². The molecule has 0 amide bonds. The summed E-state index contributed by atoms with van der Waals surface area (Å²) in [6.07, 6.45) is 3.92. The molecule has 6 nitrogen and oxygen atoms in total. The molecule has 2 heterocycles. The van der Waals surface area contributed by atoms with Gasteiger partial charge in [-0.25, -0.2) is 9.78 Å². The highest BCUT2D eigenvalue weighted by molar-refractivity contribution is 6.11. The zero-order valence-corrected chi connectivity index (χ0v) is 20.7. The zero-order valence-electron chi connectivity index (χ0n) is 20.7. The Morgan fingerprint density at radius 2 is 1.67 bits per heavy atom. The number of esters is 1. The van der Waals surface area contributed by atoms with Gasteiger partial charge in [-0.3, -0.25) is 0 Å². The molecule has 0 radical (unpaired) electrons. The summed E-state index contributed by atoms with van der Waals surface area (Å²) >= 11 is 0. The van der Waals surface area contributed by atoms with E-state index < -0.39 is 0 Å². The number of ether oxygens (including phenoxy) is 3. The summed E-state index contributed by atoms with van der Waals surface area (Å²) in [6.45, 7) is 3.31. The van der Waals surface area contributed by atoms with Crippen molar-refractivity contribution in [2.24, 2.45) is 0 Å². The molecule has 0 atom stereocenters. The number of nitrogens with zero attached hydrogens (tertiary/aromatic N) is 2. The highest BCUT2D eigenvalue weighted by atomic mass is 16.5. The van der Waals surface area contributed by atoms with Crippen LogP contribution >= 0.6 is 0 Å². The Balaban J connectivity index is 1.42. The van der Waals surface area contributed by atoms with Crippen LogP contribution in [0.25, 0.3) is 21.9 Å². The summed E-state index contributed by atoms with van der Waals surface area (Å²) in [5, 5.41) is 1.86. The maximum atomic E-state index is 12.8. The number of cyclic esters (lactones) is 1. The standard InChI is InChI=1S/C30H28N2O4/c1-4-32(23-12-18-7-5-6-8-19(18)13-23)27-10-9-20(16-31-27)28-24-15-26(35-3)25(34-2)14-21(24)11-22-17-36-30(33)29(22)28/h5-11,14-16,23H,4,12-13,17H2,1-3H3. The van der Waals surface area contributed by atoms with E-state index in [1.54, 1.807) is 14.2 Å². The molecule has 0 unspecified atom stereocenters. The number of hydrogen-bond acceptors (Lipinski definition) is 6. The van der Waals surface area contributed by atoms with Crippen LogP contribution in [0.15, 0.2) is 60.8 Å². The zero-order chi connectivity index (χ0) is 24.8. The van der Waals surface area contributed by atoms with Gasteiger partial charge < -0.3 is 19.1 Å². The van der Waals surface area contributed by atoms with Gasteiger partial charge in [-0.2, -0.15) is 0 Å². The number of methoxy groups -OCH3 is 2. The Labute approximate surface area is 210 Å². The molecule has 1 aromatic heterocycles. The van der Waals surface area contributed by atoms with Crippen molar-refractivity contribution >= 4 is 22.6 Å².